The number of H-pyrrole nitrogens is 1. The van der Waals surface area contributed by atoms with E-state index < -0.39 is 19.9 Å². The molecule has 0 atom stereocenters. The zero-order valence-electron chi connectivity index (χ0n) is 12.4. The van der Waals surface area contributed by atoms with Gasteiger partial charge in [0.1, 0.15) is 4.90 Å². The van der Waals surface area contributed by atoms with Crippen LogP contribution < -0.4 is 4.72 Å². The molecule has 0 aliphatic heterocycles. The number of aromatic nitrogens is 2. The number of hydrogen-bond acceptors (Lipinski definition) is 5. The van der Waals surface area contributed by atoms with Gasteiger partial charge in [-0.1, -0.05) is 18.2 Å². The zero-order chi connectivity index (χ0) is 16.5. The SMILES string of the molecule is Cc1n[nH]c(C)c1S(=O)(=O)Nc1ccccc1CS(C)(=O)=O. The van der Waals surface area contributed by atoms with Crippen molar-refractivity contribution in [1.29, 1.82) is 0 Å². The molecule has 0 fully saturated rings. The lowest BCUT2D eigenvalue weighted by Crippen LogP contribution is -2.16. The van der Waals surface area contributed by atoms with Crippen molar-refractivity contribution in [2.24, 2.45) is 0 Å². The second kappa shape index (κ2) is 5.73. The van der Waals surface area contributed by atoms with Crippen molar-refractivity contribution >= 4 is 25.5 Å². The third kappa shape index (κ3) is 3.66. The lowest BCUT2D eigenvalue weighted by Gasteiger charge is -2.12. The molecule has 0 aliphatic carbocycles. The van der Waals surface area contributed by atoms with E-state index in [4.69, 9.17) is 0 Å². The third-order valence-corrected chi connectivity index (χ3v) is 5.47. The second-order valence-electron chi connectivity index (χ2n) is 5.10. The monoisotopic (exact) mass is 343 g/mol. The number of aromatic amines is 1. The lowest BCUT2D eigenvalue weighted by atomic mass is 10.2. The molecule has 1 aromatic heterocycles. The molecule has 120 valence electrons. The standard InChI is InChI=1S/C13H17N3O4S2/c1-9-13(10(2)15-14-9)22(19,20)16-12-7-5-4-6-11(12)8-21(3,17)18/h4-7,16H,8H2,1-3H3,(H,14,15). The van der Waals surface area contributed by atoms with Crippen molar-refractivity contribution in [1.82, 2.24) is 10.2 Å². The Bertz CT molecular complexity index is 880. The fourth-order valence-corrected chi connectivity index (χ4v) is 4.45. The first-order valence-corrected chi connectivity index (χ1v) is 9.94. The first-order chi connectivity index (χ1) is 10.1. The van der Waals surface area contributed by atoms with Gasteiger partial charge in [0.15, 0.2) is 9.84 Å². The normalized spacial score (nSPS) is 12.3. The number of sulfone groups is 1. The van der Waals surface area contributed by atoms with Gasteiger partial charge in [0.05, 0.1) is 22.8 Å². The quantitative estimate of drug-likeness (QED) is 0.852. The number of rotatable bonds is 5. The highest BCUT2D eigenvalue weighted by Crippen LogP contribution is 2.24. The van der Waals surface area contributed by atoms with Crippen LogP contribution in [0, 0.1) is 13.8 Å². The van der Waals surface area contributed by atoms with Crippen LogP contribution in [0.15, 0.2) is 29.2 Å². The molecule has 2 N–H and O–H groups in total. The molecule has 0 saturated carbocycles. The number of aryl methyl sites for hydroxylation is 2. The smallest absolute Gasteiger partial charge is 0.265 e. The Hall–Kier alpha value is -1.87. The highest BCUT2D eigenvalue weighted by Gasteiger charge is 2.23. The summed E-state index contributed by atoms with van der Waals surface area (Å²) >= 11 is 0. The molecule has 0 aliphatic rings. The van der Waals surface area contributed by atoms with E-state index in [9.17, 15) is 16.8 Å². The van der Waals surface area contributed by atoms with Crippen molar-refractivity contribution in [2.75, 3.05) is 11.0 Å². The van der Waals surface area contributed by atoms with Crippen LogP contribution in [0.4, 0.5) is 5.69 Å². The van der Waals surface area contributed by atoms with Gasteiger partial charge in [-0.3, -0.25) is 9.82 Å². The van der Waals surface area contributed by atoms with Crippen molar-refractivity contribution in [3.8, 4) is 0 Å². The molecule has 0 unspecified atom stereocenters. The van der Waals surface area contributed by atoms with E-state index in [0.717, 1.165) is 6.26 Å². The van der Waals surface area contributed by atoms with Crippen LogP contribution in [0.25, 0.3) is 0 Å². The van der Waals surface area contributed by atoms with Crippen LogP contribution in [0.1, 0.15) is 17.0 Å². The van der Waals surface area contributed by atoms with Crippen LogP contribution in [-0.4, -0.2) is 33.3 Å². The molecule has 1 heterocycles. The molecule has 0 spiro atoms. The van der Waals surface area contributed by atoms with Gasteiger partial charge >= 0.3 is 0 Å². The summed E-state index contributed by atoms with van der Waals surface area (Å²) < 4.78 is 50.4. The molecule has 1 aromatic carbocycles. The molecule has 0 radical (unpaired) electrons. The summed E-state index contributed by atoms with van der Waals surface area (Å²) in [6.07, 6.45) is 1.10. The van der Waals surface area contributed by atoms with Crippen molar-refractivity contribution in [3.05, 3.63) is 41.2 Å². The van der Waals surface area contributed by atoms with E-state index >= 15 is 0 Å². The summed E-state index contributed by atoms with van der Waals surface area (Å²) in [5, 5.41) is 6.48. The van der Waals surface area contributed by atoms with Gasteiger partial charge in [-0.15, -0.1) is 0 Å². The molecule has 7 nitrogen and oxygen atoms in total. The number of anilines is 1. The molecule has 9 heteroatoms. The molecule has 0 saturated heterocycles. The van der Waals surface area contributed by atoms with E-state index in [-0.39, 0.29) is 16.3 Å². The minimum absolute atomic E-state index is 0.0710. The van der Waals surface area contributed by atoms with Gasteiger partial charge in [-0.25, -0.2) is 16.8 Å². The van der Waals surface area contributed by atoms with Crippen LogP contribution >= 0.6 is 0 Å². The minimum atomic E-state index is -3.85. The molecular formula is C13H17N3O4S2. The molecule has 2 rings (SSSR count). The number of nitrogens with one attached hydrogen (secondary N) is 2. The van der Waals surface area contributed by atoms with E-state index in [0.29, 0.717) is 17.0 Å². The summed E-state index contributed by atoms with van der Waals surface area (Å²) in [5.74, 6) is -0.241. The van der Waals surface area contributed by atoms with Crippen molar-refractivity contribution in [3.63, 3.8) is 0 Å². The fourth-order valence-electron chi connectivity index (χ4n) is 2.16. The number of benzene rings is 1. The Morgan fingerprint density at radius 3 is 2.32 bits per heavy atom. The van der Waals surface area contributed by atoms with Gasteiger partial charge in [-0.2, -0.15) is 5.10 Å². The topological polar surface area (TPSA) is 109 Å². The van der Waals surface area contributed by atoms with Gasteiger partial charge < -0.3 is 0 Å². The Kier molecular flexibility index (Phi) is 4.30. The molecule has 0 bridgehead atoms. The minimum Gasteiger partial charge on any atom is -0.281 e. The fraction of sp³-hybridized carbons (Fsp3) is 0.308. The van der Waals surface area contributed by atoms with E-state index in [2.05, 4.69) is 14.9 Å². The largest absolute Gasteiger partial charge is 0.281 e. The molecule has 0 amide bonds. The first kappa shape index (κ1) is 16.5. The predicted octanol–water partition coefficient (Wildman–Crippen LogP) is 1.37. The van der Waals surface area contributed by atoms with E-state index in [1.165, 1.54) is 6.07 Å². The summed E-state index contributed by atoms with van der Waals surface area (Å²) in [4.78, 5) is 0.0710. The summed E-state index contributed by atoms with van der Waals surface area (Å²) in [6, 6.07) is 6.40. The van der Waals surface area contributed by atoms with Crippen LogP contribution in [0.3, 0.4) is 0 Å². The maximum atomic E-state index is 12.5. The summed E-state index contributed by atoms with van der Waals surface area (Å²) in [5.41, 5.74) is 1.41. The Morgan fingerprint density at radius 2 is 1.77 bits per heavy atom. The molecular weight excluding hydrogens is 326 g/mol. The second-order valence-corrected chi connectivity index (χ2v) is 8.86. The van der Waals surface area contributed by atoms with Gasteiger partial charge in [0.25, 0.3) is 10.0 Å². The maximum absolute atomic E-state index is 12.5. The zero-order valence-corrected chi connectivity index (χ0v) is 14.0. The van der Waals surface area contributed by atoms with Crippen LogP contribution in [0.5, 0.6) is 0 Å². The molecule has 22 heavy (non-hydrogen) atoms. The number of sulfonamides is 1. The Labute approximate surface area is 129 Å². The highest BCUT2D eigenvalue weighted by atomic mass is 32.2. The molecule has 2 aromatic rings. The highest BCUT2D eigenvalue weighted by molar-refractivity contribution is 7.92. The average Bonchev–Trinajstić information content (AvgIpc) is 2.70. The third-order valence-electron chi connectivity index (χ3n) is 3.01. The van der Waals surface area contributed by atoms with Gasteiger partial charge in [0, 0.05) is 6.26 Å². The van der Waals surface area contributed by atoms with E-state index in [1.54, 1.807) is 32.0 Å². The lowest BCUT2D eigenvalue weighted by molar-refractivity contribution is 0.597. The summed E-state index contributed by atoms with van der Waals surface area (Å²) in [6.45, 7) is 3.19. The van der Waals surface area contributed by atoms with Crippen LogP contribution in [-0.2, 0) is 25.6 Å². The van der Waals surface area contributed by atoms with Gasteiger partial charge in [-0.05, 0) is 25.5 Å². The van der Waals surface area contributed by atoms with E-state index in [1.807, 2.05) is 0 Å². The number of para-hydroxylation sites is 1. The Balaban J connectivity index is 2.43. The Morgan fingerprint density at radius 1 is 1.14 bits per heavy atom. The maximum Gasteiger partial charge on any atom is 0.265 e. The number of hydrogen-bond donors (Lipinski definition) is 2. The number of nitrogens with zero attached hydrogens (tertiary/aromatic N) is 1. The van der Waals surface area contributed by atoms with Crippen LogP contribution in [0.2, 0.25) is 0 Å². The van der Waals surface area contributed by atoms with Gasteiger partial charge in [0.2, 0.25) is 0 Å². The predicted molar refractivity (Wildman–Crippen MR) is 83.9 cm³/mol. The van der Waals surface area contributed by atoms with Crippen molar-refractivity contribution < 1.29 is 16.8 Å². The van der Waals surface area contributed by atoms with Crippen molar-refractivity contribution in [2.45, 2.75) is 24.5 Å². The summed E-state index contributed by atoms with van der Waals surface area (Å²) in [7, 11) is -7.13. The first-order valence-electron chi connectivity index (χ1n) is 6.40. The average molecular weight is 343 g/mol.